The number of nitrogens with one attached hydrogen (secondary N) is 1. The molecule has 0 fully saturated rings. The van der Waals surface area contributed by atoms with Gasteiger partial charge < -0.3 is 4.52 Å². The third-order valence-electron chi connectivity index (χ3n) is 1.29. The second-order valence-corrected chi connectivity index (χ2v) is 5.59. The quantitative estimate of drug-likeness (QED) is 0.819. The smallest absolute Gasteiger partial charge is 0.222 e. The average Bonchev–Trinajstić information content (AvgIpc) is 2.48. The van der Waals surface area contributed by atoms with E-state index in [0.29, 0.717) is 5.76 Å². The Morgan fingerprint density at radius 2 is 2.38 bits per heavy atom. The van der Waals surface area contributed by atoms with Crippen LogP contribution in [0.15, 0.2) is 10.6 Å². The largest absolute Gasteiger partial charge is 0.360 e. The summed E-state index contributed by atoms with van der Waals surface area (Å²) in [7, 11) is -3.23. The van der Waals surface area contributed by atoms with Gasteiger partial charge in [-0.05, 0) is 6.92 Å². The Kier molecular flexibility index (Phi) is 3.46. The highest BCUT2D eigenvalue weighted by atomic mass is 79.9. The van der Waals surface area contributed by atoms with Crippen molar-refractivity contribution in [3.63, 3.8) is 0 Å². The number of nitrogens with zero attached hydrogens (tertiary/aromatic N) is 1. The Bertz CT molecular complexity index is 373. The molecular weight excluding hydrogens is 260 g/mol. The first-order valence-corrected chi connectivity index (χ1v) is 6.26. The first-order chi connectivity index (χ1) is 6.03. The third kappa shape index (κ3) is 3.45. The van der Waals surface area contributed by atoms with Crippen LogP contribution in [0.5, 0.6) is 0 Å². The molecule has 1 aromatic heterocycles. The first-order valence-electron chi connectivity index (χ1n) is 3.49. The predicted molar refractivity (Wildman–Crippen MR) is 50.8 cm³/mol. The van der Waals surface area contributed by atoms with Crippen LogP contribution in [0.3, 0.4) is 0 Å². The summed E-state index contributed by atoms with van der Waals surface area (Å²) in [6.07, 6.45) is 0. The normalized spacial score (nSPS) is 11.8. The van der Waals surface area contributed by atoms with Crippen LogP contribution in [0, 0.1) is 6.92 Å². The van der Waals surface area contributed by atoms with Crippen LogP contribution >= 0.6 is 15.9 Å². The van der Waals surface area contributed by atoms with Gasteiger partial charge in [-0.2, -0.15) is 0 Å². The lowest BCUT2D eigenvalue weighted by Crippen LogP contribution is -2.23. The molecule has 0 amide bonds. The number of hydrogen-bond acceptors (Lipinski definition) is 4. The highest BCUT2D eigenvalue weighted by Gasteiger charge is 2.08. The molecule has 1 aromatic rings. The molecule has 1 heterocycles. The lowest BCUT2D eigenvalue weighted by Gasteiger charge is -1.98. The fourth-order valence-corrected chi connectivity index (χ4v) is 1.64. The maximum atomic E-state index is 11.0. The van der Waals surface area contributed by atoms with Crippen LogP contribution in [-0.4, -0.2) is 18.2 Å². The molecule has 1 N–H and O–H groups in total. The summed E-state index contributed by atoms with van der Waals surface area (Å²) < 4.78 is 28.9. The van der Waals surface area contributed by atoms with Crippen LogP contribution in [-0.2, 0) is 16.6 Å². The zero-order valence-corrected chi connectivity index (χ0v) is 9.35. The van der Waals surface area contributed by atoms with Gasteiger partial charge in [0, 0.05) is 6.07 Å². The molecule has 0 radical (unpaired) electrons. The summed E-state index contributed by atoms with van der Waals surface area (Å²) in [5, 5.41) is 3.62. The molecule has 0 aliphatic rings. The highest BCUT2D eigenvalue weighted by molar-refractivity contribution is 9.10. The van der Waals surface area contributed by atoms with Crippen molar-refractivity contribution in [1.29, 1.82) is 0 Å². The second-order valence-electron chi connectivity index (χ2n) is 2.48. The molecule has 0 bridgehead atoms. The van der Waals surface area contributed by atoms with E-state index < -0.39 is 10.0 Å². The van der Waals surface area contributed by atoms with Gasteiger partial charge >= 0.3 is 0 Å². The maximum absolute atomic E-state index is 11.0. The zero-order chi connectivity index (χ0) is 9.90. The summed E-state index contributed by atoms with van der Waals surface area (Å²) in [6, 6.07) is 1.68. The van der Waals surface area contributed by atoms with Crippen LogP contribution in [0.4, 0.5) is 0 Å². The summed E-state index contributed by atoms with van der Waals surface area (Å²) in [5.74, 6) is 0.502. The van der Waals surface area contributed by atoms with Crippen molar-refractivity contribution in [3.8, 4) is 0 Å². The van der Waals surface area contributed by atoms with Crippen molar-refractivity contribution in [2.24, 2.45) is 0 Å². The van der Waals surface area contributed by atoms with Gasteiger partial charge in [0.25, 0.3) is 0 Å². The third-order valence-corrected chi connectivity index (χ3v) is 3.97. The van der Waals surface area contributed by atoms with E-state index in [9.17, 15) is 8.42 Å². The molecule has 0 saturated heterocycles. The molecule has 0 unspecified atom stereocenters. The van der Waals surface area contributed by atoms with Crippen molar-refractivity contribution in [2.45, 2.75) is 13.5 Å². The molecular formula is C6H9BrN2O3S. The van der Waals surface area contributed by atoms with Gasteiger partial charge in [0.05, 0.1) is 12.2 Å². The van der Waals surface area contributed by atoms with Gasteiger partial charge in [-0.1, -0.05) is 21.1 Å². The number of aromatic nitrogens is 1. The van der Waals surface area contributed by atoms with Crippen molar-refractivity contribution in [3.05, 3.63) is 17.5 Å². The predicted octanol–water partition coefficient (Wildman–Crippen LogP) is 0.755. The van der Waals surface area contributed by atoms with E-state index in [1.165, 1.54) is 0 Å². The van der Waals surface area contributed by atoms with Gasteiger partial charge in [-0.3, -0.25) is 0 Å². The number of sulfonamides is 1. The summed E-state index contributed by atoms with van der Waals surface area (Å²) in [5.41, 5.74) is 0.730. The van der Waals surface area contributed by atoms with Crippen LogP contribution in [0.25, 0.3) is 0 Å². The van der Waals surface area contributed by atoms with E-state index in [1.54, 1.807) is 13.0 Å². The molecule has 0 aliphatic carbocycles. The average molecular weight is 269 g/mol. The summed E-state index contributed by atoms with van der Waals surface area (Å²) >= 11 is 2.85. The van der Waals surface area contributed by atoms with Gasteiger partial charge in [-0.25, -0.2) is 13.1 Å². The van der Waals surface area contributed by atoms with E-state index in [0.717, 1.165) is 5.69 Å². The topological polar surface area (TPSA) is 72.2 Å². The van der Waals surface area contributed by atoms with E-state index in [4.69, 9.17) is 4.52 Å². The Balaban J connectivity index is 2.53. The Morgan fingerprint density at radius 3 is 2.85 bits per heavy atom. The molecule has 13 heavy (non-hydrogen) atoms. The molecule has 74 valence electrons. The minimum Gasteiger partial charge on any atom is -0.360 e. The van der Waals surface area contributed by atoms with Crippen LogP contribution in [0.1, 0.15) is 11.5 Å². The lowest BCUT2D eigenvalue weighted by atomic mass is 10.4. The van der Waals surface area contributed by atoms with E-state index in [-0.39, 0.29) is 11.2 Å². The Labute approximate surface area is 84.7 Å². The van der Waals surface area contributed by atoms with E-state index in [1.807, 2.05) is 0 Å². The minimum absolute atomic E-state index is 0.118. The first kappa shape index (κ1) is 10.7. The Hall–Kier alpha value is -0.400. The zero-order valence-electron chi connectivity index (χ0n) is 6.95. The van der Waals surface area contributed by atoms with E-state index >= 15 is 0 Å². The van der Waals surface area contributed by atoms with Gasteiger partial charge in [0.2, 0.25) is 10.0 Å². The van der Waals surface area contributed by atoms with Crippen LogP contribution in [0.2, 0.25) is 0 Å². The molecule has 0 aromatic carbocycles. The maximum Gasteiger partial charge on any atom is 0.222 e. The SMILES string of the molecule is Cc1cc(CNS(=O)(=O)CBr)on1. The van der Waals surface area contributed by atoms with Crippen molar-refractivity contribution in [1.82, 2.24) is 9.88 Å². The molecule has 0 spiro atoms. The van der Waals surface area contributed by atoms with Crippen molar-refractivity contribution < 1.29 is 12.9 Å². The van der Waals surface area contributed by atoms with Gasteiger partial charge in [0.15, 0.2) is 5.76 Å². The molecule has 0 saturated carbocycles. The van der Waals surface area contributed by atoms with Crippen molar-refractivity contribution >= 4 is 26.0 Å². The summed E-state index contributed by atoms with van der Waals surface area (Å²) in [6.45, 7) is 1.90. The van der Waals surface area contributed by atoms with Gasteiger partial charge in [-0.15, -0.1) is 0 Å². The van der Waals surface area contributed by atoms with Gasteiger partial charge in [0.1, 0.15) is 4.66 Å². The molecule has 0 atom stereocenters. The second kappa shape index (κ2) is 4.21. The monoisotopic (exact) mass is 268 g/mol. The summed E-state index contributed by atoms with van der Waals surface area (Å²) in [4.78, 5) is 0. The van der Waals surface area contributed by atoms with E-state index in [2.05, 4.69) is 25.8 Å². The standard InChI is InChI=1S/C6H9BrN2O3S/c1-5-2-6(12-9-5)3-8-13(10,11)4-7/h2,8H,3-4H2,1H3. The number of hydrogen-bond donors (Lipinski definition) is 1. The number of alkyl halides is 1. The molecule has 7 heteroatoms. The van der Waals surface area contributed by atoms with Crippen molar-refractivity contribution in [2.75, 3.05) is 4.66 Å². The fraction of sp³-hybridized carbons (Fsp3) is 0.500. The minimum atomic E-state index is -3.23. The van der Waals surface area contributed by atoms with Crippen LogP contribution < -0.4 is 4.72 Å². The molecule has 0 aliphatic heterocycles. The number of rotatable bonds is 4. The highest BCUT2D eigenvalue weighted by Crippen LogP contribution is 2.02. The molecule has 1 rings (SSSR count). The fourth-order valence-electron chi connectivity index (χ4n) is 0.719. The lowest BCUT2D eigenvalue weighted by molar-refractivity contribution is 0.377. The number of aryl methyl sites for hydroxylation is 1. The number of halogens is 1. The molecule has 5 nitrogen and oxygen atoms in total. The Morgan fingerprint density at radius 1 is 1.69 bits per heavy atom.